The van der Waals surface area contributed by atoms with Crippen LogP contribution in [-0.2, 0) is 4.79 Å². The molecule has 0 aromatic heterocycles. The highest BCUT2D eigenvalue weighted by atomic mass is 35.5. The molecule has 0 aromatic carbocycles. The van der Waals surface area contributed by atoms with Gasteiger partial charge >= 0.3 is 0 Å². The SMILES string of the molecule is CC(C)(C)CCC(=O)NC(CN)C1CCCCC1.Cl. The maximum atomic E-state index is 11.9. The van der Waals surface area contributed by atoms with E-state index in [1.165, 1.54) is 32.1 Å². The minimum atomic E-state index is 0. The van der Waals surface area contributed by atoms with Gasteiger partial charge in [0, 0.05) is 19.0 Å². The number of nitrogens with one attached hydrogen (secondary N) is 1. The van der Waals surface area contributed by atoms with Gasteiger partial charge in [-0.05, 0) is 30.6 Å². The van der Waals surface area contributed by atoms with Crippen molar-refractivity contribution in [2.45, 2.75) is 71.8 Å². The highest BCUT2D eigenvalue weighted by molar-refractivity contribution is 5.85. The molecule has 1 aliphatic rings. The number of nitrogens with two attached hydrogens (primary N) is 1. The summed E-state index contributed by atoms with van der Waals surface area (Å²) in [5.41, 5.74) is 6.04. The molecule has 1 saturated carbocycles. The summed E-state index contributed by atoms with van der Waals surface area (Å²) < 4.78 is 0. The Kier molecular flexibility index (Phi) is 8.67. The smallest absolute Gasteiger partial charge is 0.220 e. The van der Waals surface area contributed by atoms with E-state index in [1.54, 1.807) is 0 Å². The van der Waals surface area contributed by atoms with Gasteiger partial charge in [0.25, 0.3) is 0 Å². The molecule has 0 aromatic rings. The second-order valence-electron chi connectivity index (χ2n) is 6.87. The van der Waals surface area contributed by atoms with E-state index in [9.17, 15) is 4.79 Å². The van der Waals surface area contributed by atoms with Crippen molar-refractivity contribution in [2.24, 2.45) is 17.1 Å². The molecule has 1 atom stereocenters. The molecule has 0 bridgehead atoms. The standard InChI is InChI=1S/C15H30N2O.ClH/c1-15(2,3)10-9-14(18)17-13(11-16)12-7-5-4-6-8-12;/h12-13H,4-11,16H2,1-3H3,(H,17,18);1H. The van der Waals surface area contributed by atoms with Crippen molar-refractivity contribution in [3.05, 3.63) is 0 Å². The van der Waals surface area contributed by atoms with Gasteiger partial charge in [-0.3, -0.25) is 4.79 Å². The zero-order valence-corrected chi connectivity index (χ0v) is 13.5. The first-order valence-electron chi connectivity index (χ1n) is 7.42. The van der Waals surface area contributed by atoms with Gasteiger partial charge in [-0.1, -0.05) is 40.0 Å². The lowest BCUT2D eigenvalue weighted by Crippen LogP contribution is -2.46. The molecule has 3 N–H and O–H groups in total. The molecule has 1 aliphatic carbocycles. The molecule has 0 aliphatic heterocycles. The van der Waals surface area contributed by atoms with E-state index in [0.29, 0.717) is 18.9 Å². The normalized spacial score (nSPS) is 18.5. The first kappa shape index (κ1) is 18.7. The summed E-state index contributed by atoms with van der Waals surface area (Å²) in [6.45, 7) is 7.08. The molecular formula is C15H31ClN2O. The Hall–Kier alpha value is -0.280. The average molecular weight is 291 g/mol. The van der Waals surface area contributed by atoms with Gasteiger partial charge in [0.1, 0.15) is 0 Å². The maximum absolute atomic E-state index is 11.9. The minimum absolute atomic E-state index is 0. The van der Waals surface area contributed by atoms with Gasteiger partial charge in [-0.2, -0.15) is 0 Å². The van der Waals surface area contributed by atoms with Crippen molar-refractivity contribution < 1.29 is 4.79 Å². The van der Waals surface area contributed by atoms with Crippen LogP contribution in [0.1, 0.15) is 65.7 Å². The highest BCUT2D eigenvalue weighted by Gasteiger charge is 2.24. The van der Waals surface area contributed by atoms with Crippen molar-refractivity contribution in [3.8, 4) is 0 Å². The first-order chi connectivity index (χ1) is 8.42. The molecule has 19 heavy (non-hydrogen) atoms. The van der Waals surface area contributed by atoms with Crippen LogP contribution in [-0.4, -0.2) is 18.5 Å². The number of amides is 1. The van der Waals surface area contributed by atoms with E-state index in [0.717, 1.165) is 6.42 Å². The Bertz CT molecular complexity index is 257. The average Bonchev–Trinajstić information content (AvgIpc) is 2.33. The Morgan fingerprint density at radius 2 is 1.84 bits per heavy atom. The number of carbonyl (C=O) groups excluding carboxylic acids is 1. The molecule has 1 fully saturated rings. The third kappa shape index (κ3) is 7.78. The van der Waals surface area contributed by atoms with Crippen molar-refractivity contribution in [2.75, 3.05) is 6.54 Å². The van der Waals surface area contributed by atoms with Gasteiger partial charge in [0.15, 0.2) is 0 Å². The number of carbonyl (C=O) groups is 1. The van der Waals surface area contributed by atoms with Crippen molar-refractivity contribution in [1.29, 1.82) is 0 Å². The topological polar surface area (TPSA) is 55.1 Å². The van der Waals surface area contributed by atoms with Crippen LogP contribution in [0.25, 0.3) is 0 Å². The molecule has 3 nitrogen and oxygen atoms in total. The van der Waals surface area contributed by atoms with E-state index >= 15 is 0 Å². The molecule has 0 heterocycles. The lowest BCUT2D eigenvalue weighted by molar-refractivity contribution is -0.122. The third-order valence-corrected chi connectivity index (χ3v) is 3.92. The summed E-state index contributed by atoms with van der Waals surface area (Å²) >= 11 is 0. The molecule has 0 saturated heterocycles. The predicted octanol–water partition coefficient (Wildman–Crippen LogP) is 3.26. The van der Waals surface area contributed by atoms with Crippen LogP contribution < -0.4 is 11.1 Å². The Morgan fingerprint density at radius 3 is 2.32 bits per heavy atom. The Balaban J connectivity index is 0.00000324. The second-order valence-corrected chi connectivity index (χ2v) is 6.87. The highest BCUT2D eigenvalue weighted by Crippen LogP contribution is 2.26. The van der Waals surface area contributed by atoms with E-state index in [2.05, 4.69) is 26.1 Å². The van der Waals surface area contributed by atoms with E-state index in [-0.39, 0.29) is 29.8 Å². The fourth-order valence-corrected chi connectivity index (χ4v) is 2.67. The second kappa shape index (κ2) is 8.80. The lowest BCUT2D eigenvalue weighted by atomic mass is 9.83. The predicted molar refractivity (Wildman–Crippen MR) is 83.5 cm³/mol. The van der Waals surface area contributed by atoms with Crippen LogP contribution in [0.2, 0.25) is 0 Å². The van der Waals surface area contributed by atoms with Crippen molar-refractivity contribution >= 4 is 18.3 Å². The molecule has 1 amide bonds. The largest absolute Gasteiger partial charge is 0.352 e. The maximum Gasteiger partial charge on any atom is 0.220 e. The molecule has 114 valence electrons. The first-order valence-corrected chi connectivity index (χ1v) is 7.42. The van der Waals surface area contributed by atoms with Crippen LogP contribution in [0.3, 0.4) is 0 Å². The van der Waals surface area contributed by atoms with Gasteiger partial charge < -0.3 is 11.1 Å². The summed E-state index contributed by atoms with van der Waals surface area (Å²) in [7, 11) is 0. The van der Waals surface area contributed by atoms with Gasteiger partial charge in [0.2, 0.25) is 5.91 Å². The monoisotopic (exact) mass is 290 g/mol. The molecule has 0 spiro atoms. The summed E-state index contributed by atoms with van der Waals surface area (Å²) in [6.07, 6.45) is 7.92. The molecule has 1 rings (SSSR count). The van der Waals surface area contributed by atoms with Crippen LogP contribution in [0.15, 0.2) is 0 Å². The summed E-state index contributed by atoms with van der Waals surface area (Å²) in [5, 5.41) is 3.15. The Labute approximate surface area is 124 Å². The van der Waals surface area contributed by atoms with Crippen LogP contribution >= 0.6 is 12.4 Å². The van der Waals surface area contributed by atoms with E-state index in [4.69, 9.17) is 5.73 Å². The molecule has 0 radical (unpaired) electrons. The number of rotatable bonds is 5. The zero-order valence-electron chi connectivity index (χ0n) is 12.7. The zero-order chi connectivity index (χ0) is 13.6. The van der Waals surface area contributed by atoms with Crippen LogP contribution in [0.5, 0.6) is 0 Å². The number of hydrogen-bond donors (Lipinski definition) is 2. The van der Waals surface area contributed by atoms with Crippen LogP contribution in [0, 0.1) is 11.3 Å². The fraction of sp³-hybridized carbons (Fsp3) is 0.933. The van der Waals surface area contributed by atoms with Crippen molar-refractivity contribution in [3.63, 3.8) is 0 Å². The minimum Gasteiger partial charge on any atom is -0.352 e. The number of halogens is 1. The van der Waals surface area contributed by atoms with Gasteiger partial charge in [-0.25, -0.2) is 0 Å². The van der Waals surface area contributed by atoms with Gasteiger partial charge in [-0.15, -0.1) is 12.4 Å². The summed E-state index contributed by atoms with van der Waals surface area (Å²) in [4.78, 5) is 11.9. The quantitative estimate of drug-likeness (QED) is 0.816. The third-order valence-electron chi connectivity index (χ3n) is 3.92. The summed E-state index contributed by atoms with van der Waals surface area (Å²) in [5.74, 6) is 0.772. The lowest BCUT2D eigenvalue weighted by Gasteiger charge is -2.30. The molecular weight excluding hydrogens is 260 g/mol. The van der Waals surface area contributed by atoms with Gasteiger partial charge in [0.05, 0.1) is 0 Å². The molecule has 1 unspecified atom stereocenters. The van der Waals surface area contributed by atoms with Crippen LogP contribution in [0.4, 0.5) is 0 Å². The van der Waals surface area contributed by atoms with E-state index < -0.39 is 0 Å². The fourth-order valence-electron chi connectivity index (χ4n) is 2.67. The number of hydrogen-bond acceptors (Lipinski definition) is 2. The molecule has 4 heteroatoms. The summed E-state index contributed by atoms with van der Waals surface area (Å²) in [6, 6.07) is 0.192. The Morgan fingerprint density at radius 1 is 1.26 bits per heavy atom. The van der Waals surface area contributed by atoms with Crippen molar-refractivity contribution in [1.82, 2.24) is 5.32 Å². The van der Waals surface area contributed by atoms with E-state index in [1.807, 2.05) is 0 Å².